The van der Waals surface area contributed by atoms with Crippen molar-refractivity contribution in [1.29, 1.82) is 0 Å². The van der Waals surface area contributed by atoms with E-state index in [2.05, 4.69) is 31.1 Å². The second kappa shape index (κ2) is 7.55. The number of fused-ring (bicyclic) bond motifs is 1. The number of pyridine rings is 1. The number of carbonyl (C=O) groups is 3. The van der Waals surface area contributed by atoms with Crippen molar-refractivity contribution in [3.63, 3.8) is 0 Å². The summed E-state index contributed by atoms with van der Waals surface area (Å²) in [4.78, 5) is 45.3. The van der Waals surface area contributed by atoms with E-state index in [1.54, 1.807) is 23.2 Å². The normalized spacial score (nSPS) is 21.6. The summed E-state index contributed by atoms with van der Waals surface area (Å²) >= 11 is 0. The first-order chi connectivity index (χ1) is 14.3. The summed E-state index contributed by atoms with van der Waals surface area (Å²) in [6, 6.07) is 9.99. The Balaban J connectivity index is 1.47. The predicted octanol–water partition coefficient (Wildman–Crippen LogP) is 3.11. The van der Waals surface area contributed by atoms with Gasteiger partial charge in [-0.25, -0.2) is 9.69 Å². The van der Waals surface area contributed by atoms with Gasteiger partial charge >= 0.3 is 6.03 Å². The maximum Gasteiger partial charge on any atom is 0.332 e. The maximum absolute atomic E-state index is 13.1. The van der Waals surface area contributed by atoms with Crippen LogP contribution < -0.4 is 10.2 Å². The van der Waals surface area contributed by atoms with Crippen molar-refractivity contribution in [2.45, 2.75) is 51.1 Å². The van der Waals surface area contributed by atoms with Crippen LogP contribution >= 0.6 is 0 Å². The van der Waals surface area contributed by atoms with E-state index in [0.29, 0.717) is 30.6 Å². The van der Waals surface area contributed by atoms with E-state index >= 15 is 0 Å². The lowest BCUT2D eigenvalue weighted by molar-refractivity contribution is -0.120. The SMILES string of the molecule is CC(C)(C)c1ccc(N2C(=O)[C@H]3C[C@@H](NC(=O)c4cccnc4)CCN3C2=O)cc1. The highest BCUT2D eigenvalue weighted by Gasteiger charge is 2.48. The number of nitrogens with zero attached hydrogens (tertiary/aromatic N) is 3. The van der Waals surface area contributed by atoms with Crippen LogP contribution in [0.5, 0.6) is 0 Å². The maximum atomic E-state index is 13.1. The third-order valence-corrected chi connectivity index (χ3v) is 5.80. The molecule has 2 fully saturated rings. The van der Waals surface area contributed by atoms with Gasteiger partial charge in [-0.2, -0.15) is 0 Å². The molecule has 7 heteroatoms. The lowest BCUT2D eigenvalue weighted by Gasteiger charge is -2.32. The number of hydrogen-bond acceptors (Lipinski definition) is 4. The number of carbonyl (C=O) groups excluding carboxylic acids is 3. The molecule has 2 atom stereocenters. The number of urea groups is 1. The average molecular weight is 406 g/mol. The molecule has 1 aromatic heterocycles. The minimum Gasteiger partial charge on any atom is -0.349 e. The molecule has 0 radical (unpaired) electrons. The number of piperidine rings is 1. The van der Waals surface area contributed by atoms with E-state index in [1.807, 2.05) is 24.3 Å². The molecule has 2 aliphatic heterocycles. The minimum atomic E-state index is -0.548. The van der Waals surface area contributed by atoms with Gasteiger partial charge in [0.05, 0.1) is 11.3 Å². The second-order valence-electron chi connectivity index (χ2n) is 8.90. The number of aromatic nitrogens is 1. The molecule has 7 nitrogen and oxygen atoms in total. The Hall–Kier alpha value is -3.22. The van der Waals surface area contributed by atoms with Gasteiger partial charge in [-0.3, -0.25) is 14.6 Å². The highest BCUT2D eigenvalue weighted by Crippen LogP contribution is 2.32. The summed E-state index contributed by atoms with van der Waals surface area (Å²) in [5, 5.41) is 2.97. The number of benzene rings is 1. The van der Waals surface area contributed by atoms with Gasteiger partial charge in [0.1, 0.15) is 6.04 Å². The summed E-state index contributed by atoms with van der Waals surface area (Å²) in [5.41, 5.74) is 2.20. The molecule has 1 N–H and O–H groups in total. The molecule has 30 heavy (non-hydrogen) atoms. The lowest BCUT2D eigenvalue weighted by atomic mass is 9.87. The molecule has 2 saturated heterocycles. The Kier molecular flexibility index (Phi) is 5.05. The first-order valence-corrected chi connectivity index (χ1v) is 10.2. The molecule has 0 spiro atoms. The number of amides is 4. The summed E-state index contributed by atoms with van der Waals surface area (Å²) < 4.78 is 0. The highest BCUT2D eigenvalue weighted by molar-refractivity contribution is 6.21. The van der Waals surface area contributed by atoms with Crippen molar-refractivity contribution in [3.8, 4) is 0 Å². The number of anilines is 1. The van der Waals surface area contributed by atoms with Crippen molar-refractivity contribution in [2.75, 3.05) is 11.4 Å². The van der Waals surface area contributed by atoms with Crippen molar-refractivity contribution < 1.29 is 14.4 Å². The standard InChI is InChI=1S/C23H26N4O3/c1-23(2,3)16-6-8-18(9-7-16)27-21(29)19-13-17(10-12-26(19)22(27)30)25-20(28)15-5-4-11-24-14-15/h4-9,11,14,17,19H,10,12-13H2,1-3H3,(H,25,28)/t17-,19+/m0/s1. The predicted molar refractivity (Wildman–Crippen MR) is 113 cm³/mol. The Morgan fingerprint density at radius 1 is 1.13 bits per heavy atom. The van der Waals surface area contributed by atoms with Gasteiger partial charge in [0.2, 0.25) is 0 Å². The zero-order valence-corrected chi connectivity index (χ0v) is 17.5. The third-order valence-electron chi connectivity index (χ3n) is 5.80. The average Bonchev–Trinajstić information content (AvgIpc) is 2.98. The van der Waals surface area contributed by atoms with E-state index in [1.165, 1.54) is 11.1 Å². The van der Waals surface area contributed by atoms with Crippen molar-refractivity contribution >= 4 is 23.5 Å². The zero-order chi connectivity index (χ0) is 21.5. The van der Waals surface area contributed by atoms with E-state index in [-0.39, 0.29) is 29.3 Å². The molecular weight excluding hydrogens is 380 g/mol. The quantitative estimate of drug-likeness (QED) is 0.794. The molecule has 0 aliphatic carbocycles. The van der Waals surface area contributed by atoms with E-state index in [9.17, 15) is 14.4 Å². The van der Waals surface area contributed by atoms with Crippen molar-refractivity contribution in [3.05, 3.63) is 59.9 Å². The Bertz CT molecular complexity index is 966. The number of hydrogen-bond donors (Lipinski definition) is 1. The lowest BCUT2D eigenvalue weighted by Crippen LogP contribution is -2.49. The van der Waals surface area contributed by atoms with E-state index in [0.717, 1.165) is 5.56 Å². The van der Waals surface area contributed by atoms with Crippen LogP contribution in [0.2, 0.25) is 0 Å². The van der Waals surface area contributed by atoms with Crippen molar-refractivity contribution in [1.82, 2.24) is 15.2 Å². The molecule has 1 aromatic carbocycles. The Morgan fingerprint density at radius 2 is 1.87 bits per heavy atom. The molecule has 2 aromatic rings. The second-order valence-corrected chi connectivity index (χ2v) is 8.90. The van der Waals surface area contributed by atoms with Gasteiger partial charge in [-0.05, 0) is 48.1 Å². The number of nitrogens with one attached hydrogen (secondary N) is 1. The summed E-state index contributed by atoms with van der Waals surface area (Å²) in [5.74, 6) is -0.447. The fraction of sp³-hybridized carbons (Fsp3) is 0.391. The van der Waals surface area contributed by atoms with E-state index in [4.69, 9.17) is 0 Å². The van der Waals surface area contributed by atoms with Crippen LogP contribution in [0, 0.1) is 0 Å². The first kappa shape index (κ1) is 20.1. The first-order valence-electron chi connectivity index (χ1n) is 10.2. The molecular formula is C23H26N4O3. The van der Waals surface area contributed by atoms with Gasteiger partial charge in [-0.1, -0.05) is 32.9 Å². The van der Waals surface area contributed by atoms with Crippen LogP contribution in [-0.4, -0.2) is 46.4 Å². The fourth-order valence-electron chi connectivity index (χ4n) is 4.05. The van der Waals surface area contributed by atoms with Crippen LogP contribution in [0.25, 0.3) is 0 Å². The monoisotopic (exact) mass is 406 g/mol. The third kappa shape index (κ3) is 3.67. The van der Waals surface area contributed by atoms with Gasteiger partial charge in [0.25, 0.3) is 11.8 Å². The molecule has 0 bridgehead atoms. The van der Waals surface area contributed by atoms with Crippen molar-refractivity contribution in [2.24, 2.45) is 0 Å². The topological polar surface area (TPSA) is 82.6 Å². The largest absolute Gasteiger partial charge is 0.349 e. The van der Waals surface area contributed by atoms with Crippen LogP contribution in [0.1, 0.15) is 49.5 Å². The van der Waals surface area contributed by atoms with Gasteiger partial charge in [0.15, 0.2) is 0 Å². The smallest absolute Gasteiger partial charge is 0.332 e. The molecule has 3 heterocycles. The molecule has 4 rings (SSSR count). The summed E-state index contributed by atoms with van der Waals surface area (Å²) in [7, 11) is 0. The molecule has 0 unspecified atom stereocenters. The number of rotatable bonds is 3. The Morgan fingerprint density at radius 3 is 2.50 bits per heavy atom. The minimum absolute atomic E-state index is 0.00521. The van der Waals surface area contributed by atoms with Gasteiger partial charge in [0, 0.05) is 25.0 Å². The molecule has 4 amide bonds. The molecule has 0 saturated carbocycles. The fourth-order valence-corrected chi connectivity index (χ4v) is 4.05. The summed E-state index contributed by atoms with van der Waals surface area (Å²) in [6.07, 6.45) is 4.14. The van der Waals surface area contributed by atoms with Crippen LogP contribution in [-0.2, 0) is 10.2 Å². The highest BCUT2D eigenvalue weighted by atomic mass is 16.2. The summed E-state index contributed by atoms with van der Waals surface area (Å²) in [6.45, 7) is 6.79. The van der Waals surface area contributed by atoms with Crippen LogP contribution in [0.3, 0.4) is 0 Å². The molecule has 2 aliphatic rings. The van der Waals surface area contributed by atoms with Gasteiger partial charge in [-0.15, -0.1) is 0 Å². The van der Waals surface area contributed by atoms with Crippen LogP contribution in [0.15, 0.2) is 48.8 Å². The van der Waals surface area contributed by atoms with E-state index < -0.39 is 6.04 Å². The zero-order valence-electron chi connectivity index (χ0n) is 17.5. The molecule has 156 valence electrons. The Labute approximate surface area is 176 Å². The van der Waals surface area contributed by atoms with Gasteiger partial charge < -0.3 is 10.2 Å². The van der Waals surface area contributed by atoms with Crippen LogP contribution in [0.4, 0.5) is 10.5 Å². The number of imide groups is 1.